The number of halogens is 1. The summed E-state index contributed by atoms with van der Waals surface area (Å²) < 4.78 is 22.9. The van der Waals surface area contributed by atoms with E-state index in [0.29, 0.717) is 47.1 Å². The van der Waals surface area contributed by atoms with E-state index in [4.69, 9.17) is 9.72 Å². The average molecular weight is 552 g/mol. The van der Waals surface area contributed by atoms with Gasteiger partial charge < -0.3 is 19.9 Å². The monoisotopic (exact) mass is 551 g/mol. The van der Waals surface area contributed by atoms with Crippen molar-refractivity contribution in [2.24, 2.45) is 0 Å². The van der Waals surface area contributed by atoms with Gasteiger partial charge in [0.15, 0.2) is 11.5 Å². The largest absolute Gasteiger partial charge is 0.457 e. The van der Waals surface area contributed by atoms with E-state index in [9.17, 15) is 4.79 Å². The molecule has 8 rings (SSSR count). The van der Waals surface area contributed by atoms with Crippen LogP contribution in [0.25, 0.3) is 16.7 Å². The Morgan fingerprint density at radius 2 is 1.98 bits per heavy atom. The maximum Gasteiger partial charge on any atom is 0.246 e. The number of piperidine rings is 2. The van der Waals surface area contributed by atoms with E-state index in [1.54, 1.807) is 28.9 Å². The van der Waals surface area contributed by atoms with E-state index in [-0.39, 0.29) is 23.7 Å². The first-order chi connectivity index (χ1) is 20.0. The van der Waals surface area contributed by atoms with E-state index >= 15 is 4.39 Å². The quantitative estimate of drug-likeness (QED) is 0.307. The molecule has 11 nitrogen and oxygen atoms in total. The van der Waals surface area contributed by atoms with Crippen molar-refractivity contribution in [2.75, 3.05) is 23.3 Å². The molecule has 0 saturated carbocycles. The highest BCUT2D eigenvalue weighted by molar-refractivity contribution is 5.89. The molecule has 12 heteroatoms. The lowest BCUT2D eigenvalue weighted by Crippen LogP contribution is -2.64. The van der Waals surface area contributed by atoms with Gasteiger partial charge in [-0.1, -0.05) is 6.58 Å². The third-order valence-electron chi connectivity index (χ3n) is 7.75. The van der Waals surface area contributed by atoms with Gasteiger partial charge in [0, 0.05) is 43.5 Å². The van der Waals surface area contributed by atoms with Gasteiger partial charge in [-0.15, -0.1) is 0 Å². The smallest absolute Gasteiger partial charge is 0.246 e. The van der Waals surface area contributed by atoms with E-state index < -0.39 is 5.82 Å². The van der Waals surface area contributed by atoms with Crippen LogP contribution in [0.1, 0.15) is 18.4 Å². The predicted molar refractivity (Wildman–Crippen MR) is 151 cm³/mol. The maximum atomic E-state index is 15.3. The molecule has 3 saturated heterocycles. The highest BCUT2D eigenvalue weighted by Crippen LogP contribution is 2.35. The molecule has 3 fully saturated rings. The highest BCUT2D eigenvalue weighted by Gasteiger charge is 2.41. The lowest BCUT2D eigenvalue weighted by atomic mass is 9.90. The standard InChI is InChI=1S/C29H26FN9O2/c1-3-27(40)38-14-18-4-5-19(38)13-37(18)25-7-6-22-28(36-25)29(33-15-31-22)35-23-10-17(2)24(12-21(23)30)41-20-8-9-39-26(11-20)32-16-34-39/h3,6-12,15-16,18-19H,1,4-5,13-14H2,2H3,(H,31,33,35)/t18-,19-/m0/s1. The van der Waals surface area contributed by atoms with Gasteiger partial charge in [0.05, 0.1) is 11.2 Å². The number of carbonyl (C=O) groups is 1. The van der Waals surface area contributed by atoms with Crippen molar-refractivity contribution >= 4 is 39.9 Å². The summed E-state index contributed by atoms with van der Waals surface area (Å²) in [5, 5.41) is 7.19. The number of nitrogens with zero attached hydrogens (tertiary/aromatic N) is 8. The topological polar surface area (TPSA) is 114 Å². The second-order valence-corrected chi connectivity index (χ2v) is 10.2. The van der Waals surface area contributed by atoms with E-state index in [1.165, 1.54) is 24.8 Å². The van der Waals surface area contributed by atoms with Crippen LogP contribution in [0.15, 0.2) is 67.9 Å². The zero-order valence-electron chi connectivity index (χ0n) is 22.2. The normalized spacial score (nSPS) is 18.2. The molecule has 4 aromatic heterocycles. The Morgan fingerprint density at radius 3 is 2.80 bits per heavy atom. The number of rotatable bonds is 6. The third kappa shape index (κ3) is 4.46. The molecule has 0 unspecified atom stereocenters. The Bertz CT molecular complexity index is 1820. The fourth-order valence-corrected chi connectivity index (χ4v) is 5.66. The Hall–Kier alpha value is -5.13. The lowest BCUT2D eigenvalue weighted by Gasteiger charge is -2.51. The number of nitrogens with one attached hydrogen (secondary N) is 1. The SMILES string of the molecule is C=CC(=O)N1C[C@@H]2CC[C@H]1CN2c1ccc2ncnc(Nc3cc(C)c(Oc4ccn5ncnc5c4)cc3F)c2n1. The molecule has 2 bridgehead atoms. The minimum atomic E-state index is -0.502. The van der Waals surface area contributed by atoms with E-state index in [0.717, 1.165) is 24.2 Å². The molecule has 206 valence electrons. The summed E-state index contributed by atoms with van der Waals surface area (Å²) in [7, 11) is 0. The van der Waals surface area contributed by atoms with Crippen molar-refractivity contribution in [3.63, 3.8) is 0 Å². The second kappa shape index (κ2) is 9.81. The Balaban J connectivity index is 1.15. The first-order valence-electron chi connectivity index (χ1n) is 13.3. The third-order valence-corrected chi connectivity index (χ3v) is 7.75. The molecule has 0 radical (unpaired) electrons. The molecule has 0 aliphatic carbocycles. The van der Waals surface area contributed by atoms with Gasteiger partial charge in [-0.05, 0) is 55.7 Å². The summed E-state index contributed by atoms with van der Waals surface area (Å²) in [6.45, 7) is 6.81. The molecular formula is C29H26FN9O2. The number of amides is 1. The molecule has 1 amide bonds. The number of ether oxygens (including phenoxy) is 1. The number of aromatic nitrogens is 6. The summed E-state index contributed by atoms with van der Waals surface area (Å²) in [4.78, 5) is 34.3. The first-order valence-corrected chi connectivity index (χ1v) is 13.3. The number of pyridine rings is 2. The van der Waals surface area contributed by atoms with Crippen molar-refractivity contribution in [3.05, 3.63) is 79.3 Å². The Morgan fingerprint density at radius 1 is 1.10 bits per heavy atom. The summed E-state index contributed by atoms with van der Waals surface area (Å²) in [5.41, 5.74) is 2.76. The summed E-state index contributed by atoms with van der Waals surface area (Å²) in [5.74, 6) is 1.55. The zero-order chi connectivity index (χ0) is 28.1. The summed E-state index contributed by atoms with van der Waals surface area (Å²) in [6.07, 6.45) is 7.93. The molecule has 2 atom stereocenters. The number of fused-ring (bicyclic) bond motifs is 5. The van der Waals surface area contributed by atoms with Gasteiger partial charge in [-0.2, -0.15) is 5.10 Å². The van der Waals surface area contributed by atoms with Crippen LogP contribution in [0.4, 0.5) is 21.7 Å². The minimum Gasteiger partial charge on any atom is -0.457 e. The number of hydrogen-bond acceptors (Lipinski definition) is 9. The van der Waals surface area contributed by atoms with Gasteiger partial charge in [-0.3, -0.25) is 4.79 Å². The molecular weight excluding hydrogens is 525 g/mol. The first kappa shape index (κ1) is 24.9. The van der Waals surface area contributed by atoms with Crippen LogP contribution in [0.3, 0.4) is 0 Å². The number of anilines is 3. The van der Waals surface area contributed by atoms with Crippen LogP contribution in [-0.4, -0.2) is 65.5 Å². The van der Waals surface area contributed by atoms with Crippen molar-refractivity contribution in [1.82, 2.24) is 34.4 Å². The lowest BCUT2D eigenvalue weighted by molar-refractivity contribution is -0.131. The van der Waals surface area contributed by atoms with Gasteiger partial charge in [0.1, 0.15) is 41.3 Å². The number of carbonyl (C=O) groups excluding carboxylic acids is 1. The van der Waals surface area contributed by atoms with Crippen LogP contribution in [-0.2, 0) is 4.79 Å². The van der Waals surface area contributed by atoms with Crippen molar-refractivity contribution < 1.29 is 13.9 Å². The second-order valence-electron chi connectivity index (χ2n) is 10.2. The van der Waals surface area contributed by atoms with E-state index in [2.05, 4.69) is 36.8 Å². The van der Waals surface area contributed by atoms with E-state index in [1.807, 2.05) is 24.0 Å². The van der Waals surface area contributed by atoms with Crippen LogP contribution in [0.5, 0.6) is 11.5 Å². The Labute approximate surface area is 234 Å². The summed E-state index contributed by atoms with van der Waals surface area (Å²) >= 11 is 0. The van der Waals surface area contributed by atoms with Gasteiger partial charge >= 0.3 is 0 Å². The predicted octanol–water partition coefficient (Wildman–Crippen LogP) is 4.42. The van der Waals surface area contributed by atoms with Gasteiger partial charge in [-0.25, -0.2) is 28.8 Å². The van der Waals surface area contributed by atoms with Crippen LogP contribution < -0.4 is 15.0 Å². The van der Waals surface area contributed by atoms with Crippen LogP contribution in [0.2, 0.25) is 0 Å². The maximum absolute atomic E-state index is 15.3. The number of benzene rings is 1. The van der Waals surface area contributed by atoms with Crippen LogP contribution >= 0.6 is 0 Å². The fourth-order valence-electron chi connectivity index (χ4n) is 5.66. The average Bonchev–Trinajstić information content (AvgIpc) is 3.47. The molecule has 3 aliphatic rings. The molecule has 1 N–H and O–H groups in total. The Kier molecular flexibility index (Phi) is 5.95. The fraction of sp³-hybridized carbons (Fsp3) is 0.241. The summed E-state index contributed by atoms with van der Waals surface area (Å²) in [6, 6.07) is 10.6. The van der Waals surface area contributed by atoms with Gasteiger partial charge in [0.25, 0.3) is 0 Å². The molecule has 1 aromatic carbocycles. The molecule has 41 heavy (non-hydrogen) atoms. The van der Waals surface area contributed by atoms with Crippen molar-refractivity contribution in [3.8, 4) is 11.5 Å². The molecule has 0 spiro atoms. The minimum absolute atomic E-state index is 0.0316. The van der Waals surface area contributed by atoms with Crippen molar-refractivity contribution in [1.29, 1.82) is 0 Å². The molecule has 5 aromatic rings. The number of hydrogen-bond donors (Lipinski definition) is 1. The van der Waals surface area contributed by atoms with Crippen LogP contribution in [0, 0.1) is 12.7 Å². The molecule has 3 aliphatic heterocycles. The highest BCUT2D eigenvalue weighted by atomic mass is 19.1. The molecule has 7 heterocycles. The van der Waals surface area contributed by atoms with Gasteiger partial charge in [0.2, 0.25) is 5.91 Å². The number of piperazine rings is 1. The zero-order valence-corrected chi connectivity index (χ0v) is 22.2. The van der Waals surface area contributed by atoms with Crippen molar-refractivity contribution in [2.45, 2.75) is 31.8 Å². The number of aryl methyl sites for hydroxylation is 1.